The van der Waals surface area contributed by atoms with Crippen LogP contribution in [0.4, 0.5) is 0 Å². The molecule has 1 N–H and O–H groups in total. The highest BCUT2D eigenvalue weighted by Gasteiger charge is 2.44. The second kappa shape index (κ2) is 4.28. The summed E-state index contributed by atoms with van der Waals surface area (Å²) in [4.78, 5) is 0. The highest BCUT2D eigenvalue weighted by molar-refractivity contribution is 4.97. The normalized spacial score (nSPS) is 25.7. The molecule has 96 valence electrons. The lowest BCUT2D eigenvalue weighted by Crippen LogP contribution is -2.65. The van der Waals surface area contributed by atoms with Crippen LogP contribution < -0.4 is 5.32 Å². The van der Waals surface area contributed by atoms with Crippen molar-refractivity contribution in [3.05, 3.63) is 0 Å². The van der Waals surface area contributed by atoms with Crippen molar-refractivity contribution in [1.29, 1.82) is 0 Å². The Labute approximate surface area is 101 Å². The van der Waals surface area contributed by atoms with Crippen LogP contribution in [0.5, 0.6) is 0 Å². The van der Waals surface area contributed by atoms with Gasteiger partial charge in [-0.15, -0.1) is 0 Å². The SMILES string of the molecule is COC[N+](C)(C)C1CC(C)(C)NC(C)(C)C1. The van der Waals surface area contributed by atoms with Crippen LogP contribution in [-0.2, 0) is 4.74 Å². The lowest BCUT2D eigenvalue weighted by Gasteiger charge is -2.51. The second-order valence-electron chi connectivity index (χ2n) is 7.15. The molecule has 0 aromatic carbocycles. The van der Waals surface area contributed by atoms with Gasteiger partial charge in [0, 0.05) is 31.0 Å². The summed E-state index contributed by atoms with van der Waals surface area (Å²) < 4.78 is 6.30. The molecule has 1 saturated heterocycles. The highest BCUT2D eigenvalue weighted by atomic mass is 16.5. The monoisotopic (exact) mass is 229 g/mol. The molecule has 1 fully saturated rings. The first-order chi connectivity index (χ1) is 7.08. The molecule has 1 aliphatic heterocycles. The van der Waals surface area contributed by atoms with E-state index < -0.39 is 0 Å². The van der Waals surface area contributed by atoms with Gasteiger partial charge in [-0.3, -0.25) is 0 Å². The first-order valence-electron chi connectivity index (χ1n) is 6.19. The predicted octanol–water partition coefficient (Wildman–Crippen LogP) is 1.98. The minimum Gasteiger partial charge on any atom is -0.335 e. The Morgan fingerprint density at radius 1 is 1.12 bits per heavy atom. The van der Waals surface area contributed by atoms with Gasteiger partial charge in [-0.1, -0.05) is 0 Å². The van der Waals surface area contributed by atoms with Crippen LogP contribution in [0.25, 0.3) is 0 Å². The summed E-state index contributed by atoms with van der Waals surface area (Å²) in [5, 5.41) is 3.73. The zero-order valence-electron chi connectivity index (χ0n) is 12.1. The first kappa shape index (κ1) is 13.9. The molecule has 0 amide bonds. The van der Waals surface area contributed by atoms with Gasteiger partial charge in [-0.25, -0.2) is 0 Å². The van der Waals surface area contributed by atoms with E-state index in [4.69, 9.17) is 4.74 Å². The number of nitrogens with one attached hydrogen (secondary N) is 1. The van der Waals surface area contributed by atoms with E-state index in [0.717, 1.165) is 11.2 Å². The average Bonchev–Trinajstić information content (AvgIpc) is 1.97. The fourth-order valence-electron chi connectivity index (χ4n) is 3.20. The van der Waals surface area contributed by atoms with Crippen molar-refractivity contribution in [1.82, 2.24) is 5.32 Å². The summed E-state index contributed by atoms with van der Waals surface area (Å²) in [5.74, 6) is 0. The standard InChI is InChI=1S/C13H29N2O/c1-12(2)8-11(9-13(3,4)14-12)15(5,6)10-16-7/h11,14H,8-10H2,1-7H3/q+1. The molecule has 0 aromatic rings. The van der Waals surface area contributed by atoms with Crippen LogP contribution in [0.3, 0.4) is 0 Å². The summed E-state index contributed by atoms with van der Waals surface area (Å²) in [7, 11) is 6.33. The summed E-state index contributed by atoms with van der Waals surface area (Å²) in [6, 6.07) is 0.659. The van der Waals surface area contributed by atoms with Gasteiger partial charge in [0.05, 0.1) is 20.1 Å². The van der Waals surface area contributed by atoms with E-state index in [0.29, 0.717) is 6.04 Å². The van der Waals surface area contributed by atoms with E-state index in [1.807, 2.05) is 0 Å². The Morgan fingerprint density at radius 3 is 1.94 bits per heavy atom. The molecule has 0 unspecified atom stereocenters. The quantitative estimate of drug-likeness (QED) is 0.590. The number of ether oxygens (including phenoxy) is 1. The van der Waals surface area contributed by atoms with Crippen molar-refractivity contribution >= 4 is 0 Å². The van der Waals surface area contributed by atoms with Crippen molar-refractivity contribution in [2.45, 2.75) is 57.7 Å². The number of hydrogen-bond donors (Lipinski definition) is 1. The Kier molecular flexibility index (Phi) is 3.73. The Hall–Kier alpha value is -0.120. The molecule has 1 rings (SSSR count). The maximum atomic E-state index is 5.35. The Morgan fingerprint density at radius 2 is 1.56 bits per heavy atom. The molecule has 3 nitrogen and oxygen atoms in total. The number of rotatable bonds is 3. The Bertz CT molecular complexity index is 230. The maximum absolute atomic E-state index is 5.35. The van der Waals surface area contributed by atoms with E-state index in [1.54, 1.807) is 7.11 Å². The van der Waals surface area contributed by atoms with Crippen LogP contribution in [0.2, 0.25) is 0 Å². The van der Waals surface area contributed by atoms with E-state index in [9.17, 15) is 0 Å². The summed E-state index contributed by atoms with van der Waals surface area (Å²) in [6.45, 7) is 9.99. The van der Waals surface area contributed by atoms with Crippen LogP contribution in [0.15, 0.2) is 0 Å². The van der Waals surface area contributed by atoms with Crippen LogP contribution in [0, 0.1) is 0 Å². The summed E-state index contributed by atoms with van der Waals surface area (Å²) in [6.07, 6.45) is 2.40. The van der Waals surface area contributed by atoms with Crippen molar-refractivity contribution in [3.8, 4) is 0 Å². The topological polar surface area (TPSA) is 21.3 Å². The van der Waals surface area contributed by atoms with Crippen molar-refractivity contribution < 1.29 is 9.22 Å². The fraction of sp³-hybridized carbons (Fsp3) is 1.00. The van der Waals surface area contributed by atoms with Gasteiger partial charge < -0.3 is 14.5 Å². The third-order valence-electron chi connectivity index (χ3n) is 3.62. The largest absolute Gasteiger partial charge is 0.335 e. The zero-order valence-corrected chi connectivity index (χ0v) is 12.1. The van der Waals surface area contributed by atoms with E-state index >= 15 is 0 Å². The van der Waals surface area contributed by atoms with E-state index in [1.165, 1.54) is 12.8 Å². The van der Waals surface area contributed by atoms with Gasteiger partial charge in [-0.2, -0.15) is 0 Å². The maximum Gasteiger partial charge on any atom is 0.182 e. The molecule has 1 aliphatic rings. The van der Waals surface area contributed by atoms with Gasteiger partial charge in [0.1, 0.15) is 0 Å². The van der Waals surface area contributed by atoms with Gasteiger partial charge in [0.15, 0.2) is 6.73 Å². The third-order valence-corrected chi connectivity index (χ3v) is 3.62. The molecule has 0 saturated carbocycles. The molecule has 1 heterocycles. The fourth-order valence-corrected chi connectivity index (χ4v) is 3.20. The van der Waals surface area contributed by atoms with Gasteiger partial charge in [0.2, 0.25) is 0 Å². The minimum atomic E-state index is 0.218. The molecule has 16 heavy (non-hydrogen) atoms. The van der Waals surface area contributed by atoms with E-state index in [-0.39, 0.29) is 11.1 Å². The van der Waals surface area contributed by atoms with E-state index in [2.05, 4.69) is 47.1 Å². The molecule has 0 spiro atoms. The van der Waals surface area contributed by atoms with Gasteiger partial charge in [0.25, 0.3) is 0 Å². The van der Waals surface area contributed by atoms with Gasteiger partial charge in [-0.05, 0) is 27.7 Å². The lowest BCUT2D eigenvalue weighted by atomic mass is 9.78. The molecule has 0 aliphatic carbocycles. The Balaban J connectivity index is 2.81. The summed E-state index contributed by atoms with van der Waals surface area (Å²) in [5.41, 5.74) is 0.436. The zero-order chi connectivity index (χ0) is 12.6. The summed E-state index contributed by atoms with van der Waals surface area (Å²) >= 11 is 0. The second-order valence-corrected chi connectivity index (χ2v) is 7.15. The number of hydrogen-bond acceptors (Lipinski definition) is 2. The smallest absolute Gasteiger partial charge is 0.182 e. The molecule has 0 aromatic heterocycles. The van der Waals surface area contributed by atoms with Crippen molar-refractivity contribution in [3.63, 3.8) is 0 Å². The highest BCUT2D eigenvalue weighted by Crippen LogP contribution is 2.33. The molecular weight excluding hydrogens is 200 g/mol. The molecular formula is C13H29N2O+. The molecule has 0 bridgehead atoms. The number of nitrogens with zero attached hydrogens (tertiary/aromatic N) is 1. The number of methoxy groups -OCH3 is 1. The predicted molar refractivity (Wildman–Crippen MR) is 68.3 cm³/mol. The molecule has 0 atom stereocenters. The van der Waals surface area contributed by atoms with Crippen LogP contribution in [0.1, 0.15) is 40.5 Å². The average molecular weight is 229 g/mol. The first-order valence-corrected chi connectivity index (χ1v) is 6.19. The minimum absolute atomic E-state index is 0.218. The number of piperidine rings is 1. The lowest BCUT2D eigenvalue weighted by molar-refractivity contribution is -0.934. The third kappa shape index (κ3) is 3.44. The van der Waals surface area contributed by atoms with Gasteiger partial charge >= 0.3 is 0 Å². The van der Waals surface area contributed by atoms with Crippen molar-refractivity contribution in [2.75, 3.05) is 27.9 Å². The molecule has 0 radical (unpaired) electrons. The van der Waals surface area contributed by atoms with Crippen molar-refractivity contribution in [2.24, 2.45) is 0 Å². The number of quaternary nitrogens is 1. The van der Waals surface area contributed by atoms with Crippen LogP contribution in [-0.4, -0.2) is 49.5 Å². The molecule has 3 heteroatoms. The van der Waals surface area contributed by atoms with Crippen LogP contribution >= 0.6 is 0 Å².